The van der Waals surface area contributed by atoms with E-state index >= 15 is 0 Å². The molecule has 0 amide bonds. The van der Waals surface area contributed by atoms with Gasteiger partial charge in [0.15, 0.2) is 5.82 Å². The summed E-state index contributed by atoms with van der Waals surface area (Å²) in [5, 5.41) is 4.57. The summed E-state index contributed by atoms with van der Waals surface area (Å²) in [5.74, 6) is 4.77. The summed E-state index contributed by atoms with van der Waals surface area (Å²) in [7, 11) is 0. The minimum absolute atomic E-state index is 0.565. The monoisotopic (exact) mass is 700 g/mol. The molecule has 0 spiro atoms. The molecular formula is C46H32N6O2. The van der Waals surface area contributed by atoms with Crippen LogP contribution in [-0.4, -0.2) is 29.1 Å². The molecule has 258 valence electrons. The first-order valence-electron chi connectivity index (χ1n) is 17.8. The maximum atomic E-state index is 6.65. The zero-order chi connectivity index (χ0) is 36.2. The average molecular weight is 701 g/mol. The normalized spacial score (nSPS) is 11.5. The van der Waals surface area contributed by atoms with Crippen molar-refractivity contribution < 1.29 is 9.47 Å². The van der Waals surface area contributed by atoms with E-state index in [4.69, 9.17) is 19.4 Å². The maximum absolute atomic E-state index is 6.65. The van der Waals surface area contributed by atoms with E-state index in [-0.39, 0.29) is 0 Å². The third-order valence-electron chi connectivity index (χ3n) is 9.72. The third-order valence-corrected chi connectivity index (χ3v) is 9.72. The smallest absolute Gasteiger partial charge is 0.159 e. The summed E-state index contributed by atoms with van der Waals surface area (Å²) >= 11 is 0. The van der Waals surface area contributed by atoms with Gasteiger partial charge in [0.25, 0.3) is 0 Å². The van der Waals surface area contributed by atoms with E-state index in [1.165, 1.54) is 11.1 Å². The van der Waals surface area contributed by atoms with Crippen LogP contribution in [0.3, 0.4) is 0 Å². The molecule has 10 aromatic rings. The minimum atomic E-state index is 0.565. The van der Waals surface area contributed by atoms with Gasteiger partial charge >= 0.3 is 0 Å². The zero-order valence-corrected chi connectivity index (χ0v) is 29.5. The van der Waals surface area contributed by atoms with Crippen LogP contribution in [0.25, 0.3) is 66.6 Å². The van der Waals surface area contributed by atoms with Crippen LogP contribution in [0.5, 0.6) is 23.0 Å². The molecule has 5 heterocycles. The molecule has 0 aliphatic rings. The Kier molecular flexibility index (Phi) is 7.40. The van der Waals surface area contributed by atoms with Crippen LogP contribution in [0.4, 0.5) is 0 Å². The molecule has 0 bridgehead atoms. The molecule has 8 heteroatoms. The first kappa shape index (κ1) is 31.4. The Morgan fingerprint density at radius 3 is 1.37 bits per heavy atom. The van der Waals surface area contributed by atoms with Crippen LogP contribution in [0.1, 0.15) is 11.1 Å². The number of rotatable bonds is 7. The van der Waals surface area contributed by atoms with E-state index < -0.39 is 0 Å². The Labute approximate surface area is 310 Å². The molecule has 8 nitrogen and oxygen atoms in total. The second-order valence-corrected chi connectivity index (χ2v) is 13.4. The summed E-state index contributed by atoms with van der Waals surface area (Å²) in [6.45, 7) is 4.23. The van der Waals surface area contributed by atoms with Crippen LogP contribution in [0.15, 0.2) is 158 Å². The van der Waals surface area contributed by atoms with Crippen LogP contribution in [0, 0.1) is 13.8 Å². The molecule has 0 radical (unpaired) electrons. The number of nitrogens with zero attached hydrogens (tertiary/aromatic N) is 6. The van der Waals surface area contributed by atoms with Crippen LogP contribution in [0.2, 0.25) is 0 Å². The molecule has 0 saturated heterocycles. The SMILES string of the molecule is Cc1ccc2c(c1)c1ccc(Oc3cc(Oc4ccc5c6cc(C)ccc6n(-c6ccccn6)c5c4)cc(-c4ncccn4)c3)cc1n2-c1ccccn1. The van der Waals surface area contributed by atoms with Gasteiger partial charge in [0.1, 0.15) is 34.6 Å². The standard InChI is InChI=1S/C46H32N6O2/c1-29-10-16-40-38(22-29)36-14-12-32(27-42(36)51(40)44-8-3-5-18-47-44)53-34-24-31(46-49-20-7-21-50-46)25-35(26-34)54-33-13-15-37-39-23-30(2)11-17-41(39)52(43(37)28-33)45-9-4-6-19-48-45/h3-28H,1-2H3. The van der Waals surface area contributed by atoms with Gasteiger partial charge in [-0.05, 0) is 105 Å². The summed E-state index contributed by atoms with van der Waals surface area (Å²) in [4.78, 5) is 18.5. The Morgan fingerprint density at radius 2 is 0.889 bits per heavy atom. The van der Waals surface area contributed by atoms with E-state index in [0.29, 0.717) is 28.8 Å². The Balaban J connectivity index is 1.08. The zero-order valence-electron chi connectivity index (χ0n) is 29.5. The molecule has 5 aromatic heterocycles. The van der Waals surface area contributed by atoms with Crippen molar-refractivity contribution in [3.05, 3.63) is 169 Å². The minimum Gasteiger partial charge on any atom is -0.457 e. The van der Waals surface area contributed by atoms with E-state index in [0.717, 1.165) is 60.8 Å². The Bertz CT molecular complexity index is 2830. The number of aryl methyl sites for hydroxylation is 2. The second kappa shape index (κ2) is 12.7. The number of aromatic nitrogens is 6. The highest BCUT2D eigenvalue weighted by Crippen LogP contribution is 2.39. The molecule has 0 aliphatic heterocycles. The number of fused-ring (bicyclic) bond motifs is 6. The highest BCUT2D eigenvalue weighted by atomic mass is 16.5. The van der Waals surface area contributed by atoms with Gasteiger partial charge in [-0.1, -0.05) is 35.4 Å². The number of ether oxygens (including phenoxy) is 2. The van der Waals surface area contributed by atoms with E-state index in [1.54, 1.807) is 18.5 Å². The fourth-order valence-electron chi connectivity index (χ4n) is 7.36. The van der Waals surface area contributed by atoms with Crippen molar-refractivity contribution in [1.82, 2.24) is 29.1 Å². The number of hydrogen-bond donors (Lipinski definition) is 0. The van der Waals surface area contributed by atoms with Crippen molar-refractivity contribution in [3.63, 3.8) is 0 Å². The van der Waals surface area contributed by atoms with Crippen molar-refractivity contribution in [2.45, 2.75) is 13.8 Å². The molecular weight excluding hydrogens is 669 g/mol. The van der Waals surface area contributed by atoms with Gasteiger partial charge in [-0.3, -0.25) is 9.13 Å². The first-order chi connectivity index (χ1) is 26.6. The topological polar surface area (TPSA) is 79.9 Å². The van der Waals surface area contributed by atoms with Gasteiger partial charge < -0.3 is 9.47 Å². The number of benzene rings is 5. The fourth-order valence-corrected chi connectivity index (χ4v) is 7.36. The predicted octanol–water partition coefficient (Wildman–Crippen LogP) is 11.3. The van der Waals surface area contributed by atoms with Crippen molar-refractivity contribution in [3.8, 4) is 46.0 Å². The molecule has 10 rings (SSSR count). The van der Waals surface area contributed by atoms with Gasteiger partial charge in [-0.15, -0.1) is 0 Å². The summed E-state index contributed by atoms with van der Waals surface area (Å²) in [6, 6.07) is 44.9. The molecule has 5 aromatic carbocycles. The van der Waals surface area contributed by atoms with Gasteiger partial charge in [0, 0.05) is 70.1 Å². The van der Waals surface area contributed by atoms with E-state index in [9.17, 15) is 0 Å². The molecule has 0 unspecified atom stereocenters. The maximum Gasteiger partial charge on any atom is 0.159 e. The average Bonchev–Trinajstić information content (AvgIpc) is 3.69. The van der Waals surface area contributed by atoms with Crippen molar-refractivity contribution in [1.29, 1.82) is 0 Å². The predicted molar refractivity (Wildman–Crippen MR) is 214 cm³/mol. The van der Waals surface area contributed by atoms with E-state index in [2.05, 4.69) is 93.6 Å². The van der Waals surface area contributed by atoms with Crippen LogP contribution < -0.4 is 9.47 Å². The Hall–Kier alpha value is -7.32. The first-order valence-corrected chi connectivity index (χ1v) is 17.8. The quantitative estimate of drug-likeness (QED) is 0.165. The summed E-state index contributed by atoms with van der Waals surface area (Å²) in [5.41, 5.74) is 7.32. The van der Waals surface area contributed by atoms with E-state index in [1.807, 2.05) is 79.1 Å². The molecule has 0 saturated carbocycles. The lowest BCUT2D eigenvalue weighted by molar-refractivity contribution is 0.461. The molecule has 0 atom stereocenters. The molecule has 0 N–H and O–H groups in total. The fraction of sp³-hybridized carbons (Fsp3) is 0.0435. The molecule has 0 fully saturated rings. The highest BCUT2D eigenvalue weighted by Gasteiger charge is 2.17. The van der Waals surface area contributed by atoms with Crippen molar-refractivity contribution in [2.24, 2.45) is 0 Å². The highest BCUT2D eigenvalue weighted by molar-refractivity contribution is 6.10. The van der Waals surface area contributed by atoms with Crippen molar-refractivity contribution in [2.75, 3.05) is 0 Å². The van der Waals surface area contributed by atoms with Crippen molar-refractivity contribution >= 4 is 43.6 Å². The number of hydrogen-bond acceptors (Lipinski definition) is 6. The Morgan fingerprint density at radius 1 is 0.389 bits per heavy atom. The van der Waals surface area contributed by atoms with Gasteiger partial charge in [-0.25, -0.2) is 19.9 Å². The largest absolute Gasteiger partial charge is 0.457 e. The van der Waals surface area contributed by atoms with Crippen LogP contribution in [-0.2, 0) is 0 Å². The van der Waals surface area contributed by atoms with Crippen LogP contribution >= 0.6 is 0 Å². The van der Waals surface area contributed by atoms with Gasteiger partial charge in [0.05, 0.1) is 22.1 Å². The molecule has 0 aliphatic carbocycles. The summed E-state index contributed by atoms with van der Waals surface area (Å²) in [6.07, 6.45) is 7.09. The summed E-state index contributed by atoms with van der Waals surface area (Å²) < 4.78 is 17.7. The lowest BCUT2D eigenvalue weighted by atomic mass is 10.1. The lowest BCUT2D eigenvalue weighted by Crippen LogP contribution is -1.97. The third kappa shape index (κ3) is 5.48. The lowest BCUT2D eigenvalue weighted by Gasteiger charge is -2.13. The second-order valence-electron chi connectivity index (χ2n) is 13.4. The molecule has 54 heavy (non-hydrogen) atoms. The number of pyridine rings is 2. The van der Waals surface area contributed by atoms with Gasteiger partial charge in [0.2, 0.25) is 0 Å². The van der Waals surface area contributed by atoms with Gasteiger partial charge in [-0.2, -0.15) is 0 Å².